The maximum Gasteiger partial charge on any atom is 0.530 e. The molecule has 1 unspecified atom stereocenters. The van der Waals surface area contributed by atoms with Gasteiger partial charge in [0.1, 0.15) is 6.10 Å². The number of carbonyl (C=O) groups is 2. The van der Waals surface area contributed by atoms with Gasteiger partial charge in [0.25, 0.3) is 7.94 Å². The number of carbonyl (C=O) groups excluding carboxylic acids is 2. The van der Waals surface area contributed by atoms with E-state index in [4.69, 9.17) is 0 Å². The Balaban J connectivity index is 4.40. The highest BCUT2D eigenvalue weighted by molar-refractivity contribution is 7.58. The molecule has 0 N–H and O–H groups in total. The molecule has 0 aliphatic rings. The average Bonchev–Trinajstić information content (AvgIpc) is 2.16. The van der Waals surface area contributed by atoms with Crippen LogP contribution in [0.3, 0.4) is 0 Å². The summed E-state index contributed by atoms with van der Waals surface area (Å²) < 4.78 is 12.8. The predicted molar refractivity (Wildman–Crippen MR) is 57.1 cm³/mol. The maximum atomic E-state index is 11.3. The highest BCUT2D eigenvalue weighted by Crippen LogP contribution is 2.21. The summed E-state index contributed by atoms with van der Waals surface area (Å²) in [5, 5.41) is 0. The molecule has 0 rings (SSSR count). The second-order valence-electron chi connectivity index (χ2n) is 3.25. The molecule has 0 aromatic carbocycles. The van der Waals surface area contributed by atoms with Crippen molar-refractivity contribution in [3.8, 4) is 0 Å². The van der Waals surface area contributed by atoms with Crippen LogP contribution < -0.4 is 4.89 Å². The van der Waals surface area contributed by atoms with Gasteiger partial charge >= 0.3 is 11.7 Å². The Morgan fingerprint density at radius 2 is 1.94 bits per heavy atom. The monoisotopic (exact) mass is 249 g/mol. The van der Waals surface area contributed by atoms with Gasteiger partial charge in [0, 0.05) is 0 Å². The summed E-state index contributed by atoms with van der Waals surface area (Å²) in [5.74, 6) is -0.608. The lowest BCUT2D eigenvalue weighted by Gasteiger charge is -2.05. The lowest BCUT2D eigenvalue weighted by atomic mass is 10.4. The van der Waals surface area contributed by atoms with E-state index < -0.39 is 25.7 Å². The smallest absolute Gasteiger partial charge is 0.530 e. The number of hydrogen-bond acceptors (Lipinski definition) is 6. The van der Waals surface area contributed by atoms with Gasteiger partial charge in [0.15, 0.2) is 6.04 Å². The minimum absolute atomic E-state index is 0.214. The summed E-state index contributed by atoms with van der Waals surface area (Å²) in [6.07, 6.45) is -0.362. The molecule has 2 atom stereocenters. The second-order valence-corrected chi connectivity index (χ2v) is 4.39. The Kier molecular flexibility index (Phi) is 6.85. The first-order valence-electron chi connectivity index (χ1n) is 4.93. The molecule has 0 bridgehead atoms. The van der Waals surface area contributed by atoms with E-state index in [1.165, 1.54) is 6.92 Å². The Morgan fingerprint density at radius 1 is 1.38 bits per heavy atom. The second kappa shape index (κ2) is 7.30. The van der Waals surface area contributed by atoms with E-state index in [0.717, 1.165) is 0 Å². The molecular formula is C9H16NO5P. The predicted octanol–water partition coefficient (Wildman–Crippen LogP) is 1.42. The van der Waals surface area contributed by atoms with Gasteiger partial charge in [-0.25, -0.2) is 4.79 Å². The molecule has 0 heterocycles. The summed E-state index contributed by atoms with van der Waals surface area (Å²) in [5.41, 5.74) is -0.916. The van der Waals surface area contributed by atoms with E-state index in [1.807, 2.05) is 0 Å². The fraction of sp³-hybridized carbons (Fsp3) is 0.778. The van der Waals surface area contributed by atoms with E-state index in [0.29, 0.717) is 0 Å². The first-order chi connectivity index (χ1) is 7.38. The van der Waals surface area contributed by atoms with Crippen LogP contribution in [0.15, 0.2) is 4.74 Å². The number of ether oxygens (including phenoxy) is 2. The summed E-state index contributed by atoms with van der Waals surface area (Å²) in [7, 11) is -2.54. The van der Waals surface area contributed by atoms with Crippen molar-refractivity contribution in [2.75, 3.05) is 6.61 Å². The first kappa shape index (κ1) is 15.0. The summed E-state index contributed by atoms with van der Waals surface area (Å²) in [4.78, 5) is 33.5. The van der Waals surface area contributed by atoms with E-state index in [9.17, 15) is 14.5 Å². The van der Waals surface area contributed by atoms with Crippen molar-refractivity contribution in [1.29, 1.82) is 0 Å². The maximum absolute atomic E-state index is 11.3. The normalized spacial score (nSPS) is 13.5. The summed E-state index contributed by atoms with van der Waals surface area (Å²) >= 11 is 0. The fourth-order valence-electron chi connectivity index (χ4n) is 0.761. The molecule has 0 saturated carbocycles. The standard InChI is InChI=1S/C9H16NO5P/c1-5-14-8(11)7(4)10-16(13)9(12)15-6(2)3/h6-7H,5H2,1-4H3/t7-/m0/s1. The topological polar surface area (TPSA) is 88.0 Å². The van der Waals surface area contributed by atoms with Crippen LogP contribution in [0.5, 0.6) is 0 Å². The van der Waals surface area contributed by atoms with Crippen molar-refractivity contribution < 1.29 is 24.0 Å². The van der Waals surface area contributed by atoms with E-state index in [1.54, 1.807) is 20.8 Å². The van der Waals surface area contributed by atoms with Crippen LogP contribution in [0.4, 0.5) is 4.79 Å². The summed E-state index contributed by atoms with van der Waals surface area (Å²) in [6, 6.07) is -0.928. The lowest BCUT2D eigenvalue weighted by Crippen LogP contribution is -2.19. The minimum Gasteiger partial charge on any atom is -0.602 e. The van der Waals surface area contributed by atoms with Crippen LogP contribution in [-0.4, -0.2) is 30.4 Å². The van der Waals surface area contributed by atoms with Gasteiger partial charge in [-0.1, -0.05) is 4.74 Å². The van der Waals surface area contributed by atoms with Crippen molar-refractivity contribution in [3.63, 3.8) is 0 Å². The van der Waals surface area contributed by atoms with Crippen LogP contribution in [0.2, 0.25) is 0 Å². The SMILES string of the molecule is CCOC(=O)[C@H](C)N=[P+]([O-])C(=O)OC(C)C. The van der Waals surface area contributed by atoms with E-state index in [2.05, 4.69) is 14.2 Å². The minimum atomic E-state index is -2.54. The molecule has 0 fully saturated rings. The number of nitrogens with zero attached hydrogens (tertiary/aromatic N) is 1. The molecule has 6 nitrogen and oxygen atoms in total. The van der Waals surface area contributed by atoms with Crippen LogP contribution in [0, 0.1) is 0 Å². The molecule has 0 spiro atoms. The van der Waals surface area contributed by atoms with Gasteiger partial charge in [-0.05, 0) is 27.7 Å². The van der Waals surface area contributed by atoms with Gasteiger partial charge in [-0.3, -0.25) is 0 Å². The molecule has 0 saturated heterocycles. The van der Waals surface area contributed by atoms with Crippen molar-refractivity contribution in [1.82, 2.24) is 0 Å². The number of rotatable bonds is 5. The van der Waals surface area contributed by atoms with E-state index in [-0.39, 0.29) is 12.7 Å². The van der Waals surface area contributed by atoms with Crippen molar-refractivity contribution in [2.24, 2.45) is 4.74 Å². The van der Waals surface area contributed by atoms with Crippen LogP contribution in [0.25, 0.3) is 0 Å². The molecule has 0 aromatic heterocycles. The molecular weight excluding hydrogens is 233 g/mol. The zero-order chi connectivity index (χ0) is 12.7. The molecule has 7 heteroatoms. The first-order valence-corrected chi connectivity index (χ1v) is 6.15. The van der Waals surface area contributed by atoms with Gasteiger partial charge in [0.05, 0.1) is 6.61 Å². The van der Waals surface area contributed by atoms with Crippen LogP contribution in [0.1, 0.15) is 27.7 Å². The third-order valence-corrected chi connectivity index (χ3v) is 2.37. The molecule has 0 aliphatic carbocycles. The quantitative estimate of drug-likeness (QED) is 0.543. The zero-order valence-electron chi connectivity index (χ0n) is 9.80. The third-order valence-electron chi connectivity index (χ3n) is 1.40. The van der Waals surface area contributed by atoms with Crippen LogP contribution in [-0.2, 0) is 14.3 Å². The van der Waals surface area contributed by atoms with Gasteiger partial charge < -0.3 is 14.4 Å². The zero-order valence-corrected chi connectivity index (χ0v) is 10.7. The van der Waals surface area contributed by atoms with Crippen molar-refractivity contribution in [3.05, 3.63) is 0 Å². The Morgan fingerprint density at radius 3 is 2.38 bits per heavy atom. The third kappa shape index (κ3) is 5.78. The highest BCUT2D eigenvalue weighted by atomic mass is 31.1. The van der Waals surface area contributed by atoms with Gasteiger partial charge in [-0.2, -0.15) is 4.79 Å². The van der Waals surface area contributed by atoms with Crippen molar-refractivity contribution in [2.45, 2.75) is 39.8 Å². The highest BCUT2D eigenvalue weighted by Gasteiger charge is 2.23. The van der Waals surface area contributed by atoms with Gasteiger partial charge in [-0.15, -0.1) is 0 Å². The van der Waals surface area contributed by atoms with E-state index >= 15 is 0 Å². The molecule has 92 valence electrons. The molecule has 16 heavy (non-hydrogen) atoms. The average molecular weight is 249 g/mol. The Hall–Kier alpha value is -1.00. The largest absolute Gasteiger partial charge is 0.602 e. The lowest BCUT2D eigenvalue weighted by molar-refractivity contribution is -0.156. The molecule has 0 aliphatic heterocycles. The Labute approximate surface area is 95.5 Å². The van der Waals surface area contributed by atoms with Crippen LogP contribution >= 0.6 is 7.94 Å². The number of esters is 1. The van der Waals surface area contributed by atoms with Gasteiger partial charge in [0.2, 0.25) is 0 Å². The Bertz CT molecular complexity index is 290. The van der Waals surface area contributed by atoms with Crippen molar-refractivity contribution >= 4 is 19.6 Å². The molecule has 0 amide bonds. The molecule has 0 radical (unpaired) electrons. The fourth-order valence-corrected chi connectivity index (χ4v) is 1.57. The number of hydrogen-bond donors (Lipinski definition) is 0. The molecule has 0 aromatic rings. The summed E-state index contributed by atoms with van der Waals surface area (Å²) in [6.45, 7) is 6.54.